The third-order valence-corrected chi connectivity index (χ3v) is 3.15. The molecule has 0 radical (unpaired) electrons. The number of carbonyl (C=O) groups is 1. The minimum atomic E-state index is -2.20. The Morgan fingerprint density at radius 2 is 2.00 bits per heavy atom. The summed E-state index contributed by atoms with van der Waals surface area (Å²) in [7, 11) is 0. The molecule has 0 bridgehead atoms. The highest BCUT2D eigenvalue weighted by Crippen LogP contribution is 2.25. The number of aromatic carboxylic acids is 1. The largest absolute Gasteiger partial charge is 0.478 e. The number of hydrogen-bond donors (Lipinski definition) is 3. The summed E-state index contributed by atoms with van der Waals surface area (Å²) in [6, 6.07) is 6.00. The van der Waals surface area contributed by atoms with Crippen molar-refractivity contribution in [2.75, 3.05) is 6.61 Å². The van der Waals surface area contributed by atoms with Crippen molar-refractivity contribution in [1.82, 2.24) is 0 Å². The van der Waals surface area contributed by atoms with Gasteiger partial charge >= 0.3 is 5.97 Å². The number of aliphatic hydroxyl groups excluding tert-OH is 1. The molecule has 6 heteroatoms. The quantitative estimate of drug-likeness (QED) is 0.672. The van der Waals surface area contributed by atoms with E-state index in [0.717, 1.165) is 0 Å². The van der Waals surface area contributed by atoms with Crippen LogP contribution in [0.25, 0.3) is 0 Å². The fourth-order valence-electron chi connectivity index (χ4n) is 1.45. The predicted octanol–water partition coefficient (Wildman–Crippen LogP) is 1.03. The van der Waals surface area contributed by atoms with Crippen molar-refractivity contribution < 1.29 is 23.8 Å². The van der Waals surface area contributed by atoms with Crippen LogP contribution in [-0.4, -0.2) is 31.6 Å². The number of benzene rings is 1. The molecule has 16 heavy (non-hydrogen) atoms. The van der Waals surface area contributed by atoms with Crippen LogP contribution in [0.2, 0.25) is 0 Å². The molecule has 0 aliphatic heterocycles. The van der Waals surface area contributed by atoms with Gasteiger partial charge in [-0.3, -0.25) is 0 Å². The summed E-state index contributed by atoms with van der Waals surface area (Å²) in [4.78, 5) is 10.9. The minimum Gasteiger partial charge on any atom is -0.478 e. The third kappa shape index (κ3) is 2.88. The lowest BCUT2D eigenvalue weighted by molar-refractivity contribution is 0.0695. The molecule has 0 amide bonds. The van der Waals surface area contributed by atoms with Gasteiger partial charge in [-0.1, -0.05) is 18.2 Å². The monoisotopic (exact) mass is 244 g/mol. The lowest BCUT2D eigenvalue weighted by Gasteiger charge is -2.14. The first kappa shape index (κ1) is 12.8. The van der Waals surface area contributed by atoms with Gasteiger partial charge in [0.05, 0.1) is 10.8 Å². The highest BCUT2D eigenvalue weighted by Gasteiger charge is 2.22. The maximum atomic E-state index is 11.1. The summed E-state index contributed by atoms with van der Waals surface area (Å²) in [5.41, 5.74) is 0.258. The number of carboxylic acid groups (broad SMARTS) is 1. The molecule has 0 aliphatic rings. The molecule has 0 saturated carbocycles. The van der Waals surface area contributed by atoms with Crippen molar-refractivity contribution in [2.24, 2.45) is 0 Å². The molecule has 1 rings (SSSR count). The molecule has 2 unspecified atom stereocenters. The van der Waals surface area contributed by atoms with Crippen LogP contribution in [-0.2, 0) is 11.1 Å². The summed E-state index contributed by atoms with van der Waals surface area (Å²) in [6.07, 6.45) is 0.0490. The van der Waals surface area contributed by atoms with Crippen LogP contribution in [0.4, 0.5) is 0 Å². The Morgan fingerprint density at radius 3 is 2.50 bits per heavy atom. The molecule has 0 fully saturated rings. The fourth-order valence-corrected chi connectivity index (χ4v) is 2.18. The Bertz CT molecular complexity index is 404. The molecule has 3 N–H and O–H groups in total. The molecular formula is C10H12O5S. The number of hydrogen-bond acceptors (Lipinski definition) is 3. The Balaban J connectivity index is 3.17. The van der Waals surface area contributed by atoms with Gasteiger partial charge in [0.15, 0.2) is 11.1 Å². The smallest absolute Gasteiger partial charge is 0.336 e. The van der Waals surface area contributed by atoms with Gasteiger partial charge in [0.1, 0.15) is 0 Å². The van der Waals surface area contributed by atoms with Crippen molar-refractivity contribution in [2.45, 2.75) is 11.7 Å². The van der Waals surface area contributed by atoms with Crippen LogP contribution >= 0.6 is 0 Å². The summed E-state index contributed by atoms with van der Waals surface area (Å²) in [5, 5.41) is 16.8. The van der Waals surface area contributed by atoms with E-state index >= 15 is 0 Å². The summed E-state index contributed by atoms with van der Waals surface area (Å²) in [6.45, 7) is -0.273. The van der Waals surface area contributed by atoms with Crippen molar-refractivity contribution in [3.63, 3.8) is 0 Å². The van der Waals surface area contributed by atoms with Crippen molar-refractivity contribution in [1.29, 1.82) is 0 Å². The van der Waals surface area contributed by atoms with E-state index in [9.17, 15) is 9.00 Å². The van der Waals surface area contributed by atoms with Gasteiger partial charge < -0.3 is 14.8 Å². The molecule has 88 valence electrons. The number of rotatable bonds is 5. The van der Waals surface area contributed by atoms with Gasteiger partial charge in [0.25, 0.3) is 0 Å². The van der Waals surface area contributed by atoms with Gasteiger partial charge in [-0.25, -0.2) is 9.00 Å². The fraction of sp³-hybridized carbons (Fsp3) is 0.300. The van der Waals surface area contributed by atoms with Crippen LogP contribution in [0, 0.1) is 0 Å². The van der Waals surface area contributed by atoms with Crippen LogP contribution in [0.15, 0.2) is 24.3 Å². The van der Waals surface area contributed by atoms with Gasteiger partial charge in [-0.2, -0.15) is 0 Å². The second-order valence-electron chi connectivity index (χ2n) is 3.17. The van der Waals surface area contributed by atoms with Gasteiger partial charge in [0, 0.05) is 6.61 Å². The van der Waals surface area contributed by atoms with Gasteiger partial charge in [0.2, 0.25) is 0 Å². The molecule has 1 aromatic rings. The van der Waals surface area contributed by atoms with E-state index in [1.165, 1.54) is 12.1 Å². The highest BCUT2D eigenvalue weighted by molar-refractivity contribution is 7.79. The SMILES string of the molecule is O=C(O)c1ccccc1C(CCO)S(=O)O. The molecule has 5 nitrogen and oxygen atoms in total. The molecule has 0 saturated heterocycles. The minimum absolute atomic E-state index is 0.0108. The second kappa shape index (κ2) is 5.74. The van der Waals surface area contributed by atoms with E-state index in [1.54, 1.807) is 12.1 Å². The van der Waals surface area contributed by atoms with Crippen molar-refractivity contribution in [3.8, 4) is 0 Å². The Hall–Kier alpha value is -1.24. The second-order valence-corrected chi connectivity index (χ2v) is 4.29. The first-order valence-corrected chi connectivity index (χ1v) is 5.77. The molecular weight excluding hydrogens is 232 g/mol. The lowest BCUT2D eigenvalue weighted by Crippen LogP contribution is -2.12. The van der Waals surface area contributed by atoms with E-state index in [0.29, 0.717) is 0 Å². The number of aliphatic hydroxyl groups is 1. The van der Waals surface area contributed by atoms with Crippen molar-refractivity contribution in [3.05, 3.63) is 35.4 Å². The van der Waals surface area contributed by atoms with E-state index in [1.807, 2.05) is 0 Å². The molecule has 2 atom stereocenters. The summed E-state index contributed by atoms with van der Waals surface area (Å²) in [5.74, 6) is -1.15. The number of carboxylic acids is 1. The zero-order valence-electron chi connectivity index (χ0n) is 8.37. The van der Waals surface area contributed by atoms with Crippen LogP contribution < -0.4 is 0 Å². The van der Waals surface area contributed by atoms with Crippen molar-refractivity contribution >= 4 is 17.0 Å². The zero-order chi connectivity index (χ0) is 12.1. The van der Waals surface area contributed by atoms with E-state index in [4.69, 9.17) is 14.8 Å². The van der Waals surface area contributed by atoms with Crippen LogP contribution in [0.5, 0.6) is 0 Å². The molecule has 1 aromatic carbocycles. The maximum absolute atomic E-state index is 11.1. The molecule has 0 aromatic heterocycles. The van der Waals surface area contributed by atoms with E-state index in [-0.39, 0.29) is 24.2 Å². The standard InChI is InChI=1S/C10H12O5S/c11-6-5-9(16(14)15)7-3-1-2-4-8(7)10(12)13/h1-4,9,11H,5-6H2,(H,12,13)(H,14,15). The third-order valence-electron chi connectivity index (χ3n) is 2.17. The first-order chi connectivity index (χ1) is 7.57. The average Bonchev–Trinajstić information content (AvgIpc) is 2.25. The normalized spacial score (nSPS) is 14.4. The van der Waals surface area contributed by atoms with Gasteiger partial charge in [-0.05, 0) is 18.1 Å². The van der Waals surface area contributed by atoms with Crippen LogP contribution in [0.1, 0.15) is 27.6 Å². The lowest BCUT2D eigenvalue weighted by atomic mass is 10.0. The Kier molecular flexibility index (Phi) is 4.60. The zero-order valence-corrected chi connectivity index (χ0v) is 9.18. The Morgan fingerprint density at radius 1 is 1.38 bits per heavy atom. The highest BCUT2D eigenvalue weighted by atomic mass is 32.2. The maximum Gasteiger partial charge on any atom is 0.336 e. The summed E-state index contributed by atoms with van der Waals surface area (Å²) >= 11 is -2.20. The van der Waals surface area contributed by atoms with Gasteiger partial charge in [-0.15, -0.1) is 0 Å². The summed E-state index contributed by atoms with van der Waals surface area (Å²) < 4.78 is 20.1. The van der Waals surface area contributed by atoms with E-state index in [2.05, 4.69) is 0 Å². The van der Waals surface area contributed by atoms with Crippen LogP contribution in [0.3, 0.4) is 0 Å². The average molecular weight is 244 g/mol. The predicted molar refractivity (Wildman–Crippen MR) is 58.6 cm³/mol. The van der Waals surface area contributed by atoms with E-state index < -0.39 is 22.3 Å². The topological polar surface area (TPSA) is 94.8 Å². The molecule has 0 aliphatic carbocycles. The molecule has 0 spiro atoms. The first-order valence-electron chi connectivity index (χ1n) is 4.60. The molecule has 0 heterocycles. The Labute approximate surface area is 95.0 Å².